The van der Waals surface area contributed by atoms with Crippen LogP contribution in [0.2, 0.25) is 0 Å². The van der Waals surface area contributed by atoms with Crippen molar-refractivity contribution in [1.29, 1.82) is 0 Å². The van der Waals surface area contributed by atoms with Crippen molar-refractivity contribution in [2.45, 2.75) is 0 Å². The van der Waals surface area contributed by atoms with Crippen LogP contribution >= 0.6 is 0 Å². The molecule has 52 heavy (non-hydrogen) atoms. The van der Waals surface area contributed by atoms with E-state index in [9.17, 15) is 0 Å². The molecule has 0 radical (unpaired) electrons. The number of fused-ring (bicyclic) bond motifs is 8. The molecule has 0 atom stereocenters. The minimum atomic E-state index is 1.12. The molecular formula is C50H32N2. The molecular weight excluding hydrogens is 629 g/mol. The number of hydrogen-bond acceptors (Lipinski definition) is 1. The second kappa shape index (κ2) is 11.3. The van der Waals surface area contributed by atoms with E-state index in [1.165, 1.54) is 82.4 Å². The summed E-state index contributed by atoms with van der Waals surface area (Å²) in [4.78, 5) is 2.50. The molecule has 1 aromatic heterocycles. The second-order valence-electron chi connectivity index (χ2n) is 13.7. The van der Waals surface area contributed by atoms with Crippen molar-refractivity contribution >= 4 is 60.4 Å². The van der Waals surface area contributed by atoms with Crippen molar-refractivity contribution in [3.05, 3.63) is 194 Å². The summed E-state index contributed by atoms with van der Waals surface area (Å²) in [7, 11) is 0. The maximum Gasteiger partial charge on any atom is 0.0546 e. The van der Waals surface area contributed by atoms with Crippen LogP contribution < -0.4 is 4.90 Å². The van der Waals surface area contributed by atoms with E-state index in [0.717, 1.165) is 17.1 Å². The first-order valence-corrected chi connectivity index (χ1v) is 17.9. The zero-order valence-corrected chi connectivity index (χ0v) is 28.4. The molecule has 0 saturated heterocycles. The van der Waals surface area contributed by atoms with Crippen LogP contribution in [0.5, 0.6) is 0 Å². The van der Waals surface area contributed by atoms with Gasteiger partial charge in [0.05, 0.1) is 22.4 Å². The van der Waals surface area contributed by atoms with Gasteiger partial charge in [-0.3, -0.25) is 0 Å². The van der Waals surface area contributed by atoms with E-state index in [0.29, 0.717) is 0 Å². The van der Waals surface area contributed by atoms with Crippen LogP contribution in [-0.2, 0) is 0 Å². The van der Waals surface area contributed by atoms with Crippen LogP contribution in [0.3, 0.4) is 0 Å². The SMILES string of the molecule is c1ccc(-c2ccccc2N(c2ccc3c(c2)c2ccccc2n3-c2ccccc2)c2cccc3c2-c2cccc4cc5ccccc5c-3c24)cc1. The number of nitrogens with zero attached hydrogens (tertiary/aromatic N) is 2. The molecule has 2 heteroatoms. The fraction of sp³-hybridized carbons (Fsp3) is 0. The Balaban J connectivity index is 1.23. The summed E-state index contributed by atoms with van der Waals surface area (Å²) in [6, 6.07) is 70.9. The van der Waals surface area contributed by atoms with E-state index in [1.54, 1.807) is 0 Å². The minimum Gasteiger partial charge on any atom is -0.309 e. The summed E-state index contributed by atoms with van der Waals surface area (Å²) in [5, 5.41) is 7.64. The van der Waals surface area contributed by atoms with Gasteiger partial charge < -0.3 is 9.47 Å². The molecule has 0 unspecified atom stereocenters. The van der Waals surface area contributed by atoms with Crippen molar-refractivity contribution < 1.29 is 0 Å². The maximum absolute atomic E-state index is 2.50. The van der Waals surface area contributed by atoms with Gasteiger partial charge in [0.1, 0.15) is 0 Å². The van der Waals surface area contributed by atoms with Crippen molar-refractivity contribution in [3.63, 3.8) is 0 Å². The maximum atomic E-state index is 2.50. The number of aromatic nitrogens is 1. The van der Waals surface area contributed by atoms with E-state index in [4.69, 9.17) is 0 Å². The largest absolute Gasteiger partial charge is 0.309 e. The molecule has 0 amide bonds. The van der Waals surface area contributed by atoms with Crippen molar-refractivity contribution in [2.24, 2.45) is 0 Å². The van der Waals surface area contributed by atoms with Crippen molar-refractivity contribution in [2.75, 3.05) is 4.90 Å². The van der Waals surface area contributed by atoms with E-state index in [-0.39, 0.29) is 0 Å². The Kier molecular flexibility index (Phi) is 6.28. The van der Waals surface area contributed by atoms with Crippen LogP contribution in [0.15, 0.2) is 194 Å². The summed E-state index contributed by atoms with van der Waals surface area (Å²) in [5.41, 5.74) is 14.5. The number of rotatable bonds is 5. The van der Waals surface area contributed by atoms with Crippen LogP contribution in [-0.4, -0.2) is 4.57 Å². The fourth-order valence-corrected chi connectivity index (χ4v) is 8.72. The summed E-state index contributed by atoms with van der Waals surface area (Å²) in [6.45, 7) is 0. The molecule has 0 saturated carbocycles. The normalized spacial score (nSPS) is 11.8. The standard InChI is InChI=1S/C50H32N2/c1-3-15-33(16-4-1)38-21-9-11-26-44(38)52(37-29-30-46-43(32-37)40-23-10-12-27-45(40)51(46)36-19-5-2-6-20-36)47-28-14-25-42-49(47)41-24-13-18-35-31-34-17-7-8-22-39(34)50(42)48(35)41/h1-32H. The lowest BCUT2D eigenvalue weighted by Gasteiger charge is -2.30. The lowest BCUT2D eigenvalue weighted by molar-refractivity contribution is 1.18. The molecule has 0 aliphatic heterocycles. The Morgan fingerprint density at radius 2 is 1.00 bits per heavy atom. The summed E-state index contributed by atoms with van der Waals surface area (Å²) >= 11 is 0. The Morgan fingerprint density at radius 3 is 1.88 bits per heavy atom. The molecule has 0 fully saturated rings. The Hall–Kier alpha value is -6.90. The molecule has 1 aliphatic carbocycles. The number of para-hydroxylation sites is 3. The predicted molar refractivity (Wildman–Crippen MR) is 220 cm³/mol. The van der Waals surface area contributed by atoms with Crippen molar-refractivity contribution in [1.82, 2.24) is 4.57 Å². The smallest absolute Gasteiger partial charge is 0.0546 e. The van der Waals surface area contributed by atoms with Crippen LogP contribution in [0, 0.1) is 0 Å². The highest BCUT2D eigenvalue weighted by molar-refractivity contribution is 6.26. The zero-order chi connectivity index (χ0) is 34.2. The molecule has 1 heterocycles. The van der Waals surface area contributed by atoms with Gasteiger partial charge in [-0.1, -0.05) is 140 Å². The third-order valence-corrected chi connectivity index (χ3v) is 10.9. The highest BCUT2D eigenvalue weighted by atomic mass is 15.1. The zero-order valence-electron chi connectivity index (χ0n) is 28.4. The van der Waals surface area contributed by atoms with Gasteiger partial charge in [0, 0.05) is 33.3 Å². The minimum absolute atomic E-state index is 1.12. The number of benzene rings is 9. The predicted octanol–water partition coefficient (Wildman–Crippen LogP) is 13.9. The number of hydrogen-bond donors (Lipinski definition) is 0. The van der Waals surface area contributed by atoms with Gasteiger partial charge in [-0.25, -0.2) is 0 Å². The molecule has 9 aromatic carbocycles. The second-order valence-corrected chi connectivity index (χ2v) is 13.7. The molecule has 11 rings (SSSR count). The monoisotopic (exact) mass is 660 g/mol. The van der Waals surface area contributed by atoms with Gasteiger partial charge in [0.2, 0.25) is 0 Å². The first kappa shape index (κ1) is 28.9. The first-order chi connectivity index (χ1) is 25.8. The lowest BCUT2D eigenvalue weighted by Crippen LogP contribution is -2.12. The third-order valence-electron chi connectivity index (χ3n) is 10.9. The van der Waals surface area contributed by atoms with Gasteiger partial charge in [-0.2, -0.15) is 0 Å². The Bertz CT molecular complexity index is 3010. The average Bonchev–Trinajstić information content (AvgIpc) is 3.73. The Morgan fingerprint density at radius 1 is 0.365 bits per heavy atom. The van der Waals surface area contributed by atoms with Crippen molar-refractivity contribution in [3.8, 4) is 39.1 Å². The van der Waals surface area contributed by atoms with E-state index in [1.807, 2.05) is 0 Å². The number of anilines is 3. The summed E-state index contributed by atoms with van der Waals surface area (Å²) in [6.07, 6.45) is 0. The average molecular weight is 661 g/mol. The van der Waals surface area contributed by atoms with Crippen LogP contribution in [0.25, 0.3) is 82.4 Å². The van der Waals surface area contributed by atoms with E-state index in [2.05, 4.69) is 204 Å². The van der Waals surface area contributed by atoms with Gasteiger partial charge >= 0.3 is 0 Å². The summed E-state index contributed by atoms with van der Waals surface area (Å²) < 4.78 is 2.39. The molecule has 0 spiro atoms. The topological polar surface area (TPSA) is 8.17 Å². The van der Waals surface area contributed by atoms with Gasteiger partial charge in [0.25, 0.3) is 0 Å². The van der Waals surface area contributed by atoms with E-state index >= 15 is 0 Å². The van der Waals surface area contributed by atoms with Crippen LogP contribution in [0.4, 0.5) is 17.1 Å². The summed E-state index contributed by atoms with van der Waals surface area (Å²) in [5.74, 6) is 0. The lowest BCUT2D eigenvalue weighted by atomic mass is 9.95. The molecule has 0 N–H and O–H groups in total. The van der Waals surface area contributed by atoms with Gasteiger partial charge in [0.15, 0.2) is 0 Å². The first-order valence-electron chi connectivity index (χ1n) is 17.9. The third kappa shape index (κ3) is 4.19. The van der Waals surface area contributed by atoms with Gasteiger partial charge in [-0.15, -0.1) is 0 Å². The molecule has 0 bridgehead atoms. The fourth-order valence-electron chi connectivity index (χ4n) is 8.72. The molecule has 10 aromatic rings. The quantitative estimate of drug-likeness (QED) is 0.167. The van der Waals surface area contributed by atoms with Gasteiger partial charge in [-0.05, 0) is 98.4 Å². The molecule has 242 valence electrons. The molecule has 1 aliphatic rings. The highest BCUT2D eigenvalue weighted by Gasteiger charge is 2.30. The van der Waals surface area contributed by atoms with Crippen LogP contribution in [0.1, 0.15) is 0 Å². The van der Waals surface area contributed by atoms with E-state index < -0.39 is 0 Å². The highest BCUT2D eigenvalue weighted by Crippen LogP contribution is 2.56. The molecule has 2 nitrogen and oxygen atoms in total. The Labute approximate surface area is 302 Å².